The average Bonchev–Trinajstić information content (AvgIpc) is 2.63. The molecule has 2 nitrogen and oxygen atoms in total. The highest BCUT2D eigenvalue weighted by atomic mass is 35.5. The summed E-state index contributed by atoms with van der Waals surface area (Å²) in [5.41, 5.74) is 9.38. The van der Waals surface area contributed by atoms with Crippen LogP contribution in [-0.2, 0) is 12.8 Å². The van der Waals surface area contributed by atoms with Gasteiger partial charge in [0.2, 0.25) is 0 Å². The smallest absolute Gasteiger partial charge is 0.193 e. The van der Waals surface area contributed by atoms with E-state index in [1.807, 2.05) is 13.8 Å². The number of carbonyl (C=O) groups is 1. The Kier molecular flexibility index (Phi) is 4.70. The number of rotatable bonds is 1. The fraction of sp³-hybridized carbons (Fsp3) is 0.381. The molecule has 0 bridgehead atoms. The van der Waals surface area contributed by atoms with Gasteiger partial charge in [0, 0.05) is 16.7 Å². The van der Waals surface area contributed by atoms with Crippen LogP contribution < -0.4 is 5.73 Å². The Morgan fingerprint density at radius 1 is 1.04 bits per heavy atom. The summed E-state index contributed by atoms with van der Waals surface area (Å²) in [6.45, 7) is 3.98. The third-order valence-electron chi connectivity index (χ3n) is 5.76. The number of hydrogen-bond donors (Lipinski definition) is 1. The molecule has 0 heterocycles. The first kappa shape index (κ1) is 19.0. The molecule has 2 aromatic rings. The Hall–Kier alpha value is -1.78. The van der Waals surface area contributed by atoms with Crippen LogP contribution in [0.15, 0.2) is 30.3 Å². The molecule has 138 valence electrons. The van der Waals surface area contributed by atoms with E-state index >= 15 is 0 Å². The van der Waals surface area contributed by atoms with Crippen LogP contribution in [0.4, 0.5) is 8.78 Å². The SMILES string of the molecule is CC(C)(N)C1CCc2cc(F)cc3c2C1Cc1cc(F)ccc1C3=O.Cl. The van der Waals surface area contributed by atoms with E-state index in [-0.39, 0.29) is 35.8 Å². The first-order valence-corrected chi connectivity index (χ1v) is 8.70. The second kappa shape index (κ2) is 6.43. The van der Waals surface area contributed by atoms with Crippen molar-refractivity contribution in [2.75, 3.05) is 0 Å². The van der Waals surface area contributed by atoms with Crippen LogP contribution in [0.5, 0.6) is 0 Å². The summed E-state index contributed by atoms with van der Waals surface area (Å²) < 4.78 is 27.9. The van der Waals surface area contributed by atoms with E-state index < -0.39 is 11.4 Å². The van der Waals surface area contributed by atoms with Gasteiger partial charge in [-0.1, -0.05) is 0 Å². The van der Waals surface area contributed by atoms with E-state index in [0.717, 1.165) is 17.5 Å². The van der Waals surface area contributed by atoms with Crippen molar-refractivity contribution in [1.29, 1.82) is 0 Å². The van der Waals surface area contributed by atoms with Gasteiger partial charge in [0.1, 0.15) is 11.6 Å². The summed E-state index contributed by atoms with van der Waals surface area (Å²) in [7, 11) is 0. The molecule has 2 atom stereocenters. The van der Waals surface area contributed by atoms with Gasteiger partial charge in [-0.2, -0.15) is 0 Å². The van der Waals surface area contributed by atoms with Crippen LogP contribution >= 0.6 is 12.4 Å². The highest BCUT2D eigenvalue weighted by molar-refractivity contribution is 6.11. The van der Waals surface area contributed by atoms with Crippen molar-refractivity contribution in [1.82, 2.24) is 0 Å². The lowest BCUT2D eigenvalue weighted by Gasteiger charge is -2.41. The standard InChI is InChI=1S/C21H21F2NO.ClH/c1-21(2,24)18-6-3-11-7-14(23)10-17-19(11)16(18)9-12-8-13(22)4-5-15(12)20(17)25;/h4-5,7-8,10,16,18H,3,6,9,24H2,1-2H3;1H. The molecule has 0 spiro atoms. The molecule has 2 unspecified atom stereocenters. The van der Waals surface area contributed by atoms with Gasteiger partial charge in [-0.25, -0.2) is 8.78 Å². The summed E-state index contributed by atoms with van der Waals surface area (Å²) in [5, 5.41) is 0. The van der Waals surface area contributed by atoms with Gasteiger partial charge in [-0.3, -0.25) is 4.79 Å². The maximum absolute atomic E-state index is 14.1. The average molecular weight is 378 g/mol. The predicted molar refractivity (Wildman–Crippen MR) is 100 cm³/mol. The van der Waals surface area contributed by atoms with Crippen molar-refractivity contribution in [3.63, 3.8) is 0 Å². The van der Waals surface area contributed by atoms with Crippen LogP contribution in [0.25, 0.3) is 0 Å². The minimum atomic E-state index is -0.436. The van der Waals surface area contributed by atoms with Crippen LogP contribution in [0.3, 0.4) is 0 Å². The second-order valence-corrected chi connectivity index (χ2v) is 7.93. The van der Waals surface area contributed by atoms with Crippen LogP contribution in [-0.4, -0.2) is 11.3 Å². The molecule has 0 amide bonds. The van der Waals surface area contributed by atoms with Crippen molar-refractivity contribution in [2.45, 2.75) is 44.6 Å². The molecule has 2 aliphatic carbocycles. The molecule has 26 heavy (non-hydrogen) atoms. The summed E-state index contributed by atoms with van der Waals surface area (Å²) in [6.07, 6.45) is 2.10. The molecule has 0 fully saturated rings. The second-order valence-electron chi connectivity index (χ2n) is 7.93. The van der Waals surface area contributed by atoms with Crippen molar-refractivity contribution in [3.8, 4) is 0 Å². The number of carbonyl (C=O) groups excluding carboxylic acids is 1. The zero-order chi connectivity index (χ0) is 17.9. The number of ketones is 1. The minimum Gasteiger partial charge on any atom is -0.325 e. The Balaban J connectivity index is 0.00000196. The van der Waals surface area contributed by atoms with E-state index in [1.54, 1.807) is 0 Å². The van der Waals surface area contributed by atoms with Crippen molar-refractivity contribution in [3.05, 3.63) is 69.8 Å². The molecule has 0 aromatic heterocycles. The van der Waals surface area contributed by atoms with E-state index in [1.165, 1.54) is 30.3 Å². The number of halogens is 3. The van der Waals surface area contributed by atoms with Crippen molar-refractivity contribution >= 4 is 18.2 Å². The van der Waals surface area contributed by atoms with Crippen molar-refractivity contribution < 1.29 is 13.6 Å². The van der Waals surface area contributed by atoms with Crippen LogP contribution in [0.1, 0.15) is 58.8 Å². The van der Waals surface area contributed by atoms with Crippen LogP contribution in [0.2, 0.25) is 0 Å². The summed E-state index contributed by atoms with van der Waals surface area (Å²) >= 11 is 0. The monoisotopic (exact) mass is 377 g/mol. The maximum atomic E-state index is 14.1. The normalized spacial score (nSPS) is 21.3. The molecule has 0 saturated carbocycles. The lowest BCUT2D eigenvalue weighted by atomic mass is 9.65. The summed E-state index contributed by atoms with van der Waals surface area (Å²) in [6, 6.07) is 7.11. The highest BCUT2D eigenvalue weighted by Crippen LogP contribution is 2.47. The topological polar surface area (TPSA) is 43.1 Å². The third-order valence-corrected chi connectivity index (χ3v) is 5.76. The molecule has 4 rings (SSSR count). The minimum absolute atomic E-state index is 0. The van der Waals surface area contributed by atoms with E-state index in [9.17, 15) is 13.6 Å². The largest absolute Gasteiger partial charge is 0.325 e. The van der Waals surface area contributed by atoms with Crippen molar-refractivity contribution in [2.24, 2.45) is 11.7 Å². The zero-order valence-corrected chi connectivity index (χ0v) is 15.6. The third kappa shape index (κ3) is 2.95. The molecule has 0 aliphatic heterocycles. The van der Waals surface area contributed by atoms with Gasteiger partial charge < -0.3 is 5.73 Å². The molecule has 5 heteroatoms. The maximum Gasteiger partial charge on any atom is 0.193 e. The number of fused-ring (bicyclic) bond motifs is 1. The van der Waals surface area contributed by atoms with Gasteiger partial charge in [-0.15, -0.1) is 12.4 Å². The Labute approximate surface area is 158 Å². The number of aryl methyl sites for hydroxylation is 1. The Morgan fingerprint density at radius 2 is 1.73 bits per heavy atom. The number of benzene rings is 2. The molecular formula is C21H22ClF2NO. The first-order chi connectivity index (χ1) is 11.8. The van der Waals surface area contributed by atoms with E-state index in [4.69, 9.17) is 5.73 Å². The molecule has 2 aromatic carbocycles. The fourth-order valence-corrected chi connectivity index (χ4v) is 4.69. The van der Waals surface area contributed by atoms with Gasteiger partial charge in [0.15, 0.2) is 5.78 Å². The lowest BCUT2D eigenvalue weighted by molar-refractivity contribution is 0.103. The molecule has 0 saturated heterocycles. The van der Waals surface area contributed by atoms with Gasteiger partial charge in [0.25, 0.3) is 0 Å². The zero-order valence-electron chi connectivity index (χ0n) is 14.8. The van der Waals surface area contributed by atoms with Gasteiger partial charge in [0.05, 0.1) is 0 Å². The summed E-state index contributed by atoms with van der Waals surface area (Å²) in [5.74, 6) is -0.832. The van der Waals surface area contributed by atoms with Gasteiger partial charge >= 0.3 is 0 Å². The molecule has 2 N–H and O–H groups in total. The predicted octanol–water partition coefficient (Wildman–Crippen LogP) is 4.56. The summed E-state index contributed by atoms with van der Waals surface area (Å²) in [4.78, 5) is 13.1. The molecular weight excluding hydrogens is 356 g/mol. The first-order valence-electron chi connectivity index (χ1n) is 8.70. The number of nitrogens with two attached hydrogens (primary N) is 1. The van der Waals surface area contributed by atoms with Crippen LogP contribution in [0, 0.1) is 17.6 Å². The highest BCUT2D eigenvalue weighted by Gasteiger charge is 2.41. The van der Waals surface area contributed by atoms with Gasteiger partial charge in [-0.05, 0) is 92.0 Å². The quantitative estimate of drug-likeness (QED) is 0.791. The number of hydrogen-bond acceptors (Lipinski definition) is 2. The van der Waals surface area contributed by atoms with E-state index in [2.05, 4.69) is 0 Å². The van der Waals surface area contributed by atoms with E-state index in [0.29, 0.717) is 29.5 Å². The Bertz CT molecular complexity index is 888. The lowest BCUT2D eigenvalue weighted by Crippen LogP contribution is -2.46. The Morgan fingerprint density at radius 3 is 2.42 bits per heavy atom. The fourth-order valence-electron chi connectivity index (χ4n) is 4.69. The molecule has 2 aliphatic rings. The molecule has 0 radical (unpaired) electrons.